The summed E-state index contributed by atoms with van der Waals surface area (Å²) in [6.07, 6.45) is 4.33. The molecular formula is C28H30O3Si. The number of hydrogen-bond donors (Lipinski definition) is 0. The van der Waals surface area contributed by atoms with Gasteiger partial charge in [-0.05, 0) is 33.4 Å². The average Bonchev–Trinajstić information content (AvgIpc) is 3.66. The Morgan fingerprint density at radius 1 is 0.531 bits per heavy atom. The zero-order chi connectivity index (χ0) is 21.5. The molecule has 3 unspecified atom stereocenters. The Kier molecular flexibility index (Phi) is 5.26. The van der Waals surface area contributed by atoms with Gasteiger partial charge in [-0.1, -0.05) is 72.8 Å². The monoisotopic (exact) mass is 442 g/mol. The van der Waals surface area contributed by atoms with Crippen LogP contribution >= 0.6 is 0 Å². The van der Waals surface area contributed by atoms with E-state index >= 15 is 0 Å². The van der Waals surface area contributed by atoms with Gasteiger partial charge in [-0.3, -0.25) is 0 Å². The van der Waals surface area contributed by atoms with Gasteiger partial charge >= 0.3 is 0 Å². The Labute approximate surface area is 193 Å². The second kappa shape index (κ2) is 8.27. The van der Waals surface area contributed by atoms with Crippen LogP contribution in [0.5, 0.6) is 0 Å². The van der Waals surface area contributed by atoms with Crippen molar-refractivity contribution in [2.24, 2.45) is 0 Å². The maximum Gasteiger partial charge on any atom is 0.0850 e. The molecule has 0 radical (unpaired) electrons. The van der Waals surface area contributed by atoms with Crippen molar-refractivity contribution in [2.45, 2.75) is 42.6 Å². The molecule has 4 heteroatoms. The molecule has 0 aliphatic carbocycles. The fourth-order valence-corrected chi connectivity index (χ4v) is 5.77. The van der Waals surface area contributed by atoms with Gasteiger partial charge in [0.1, 0.15) is 0 Å². The van der Waals surface area contributed by atoms with Crippen LogP contribution in [0.3, 0.4) is 0 Å². The standard InChI is InChI=1S/C28H30O3Si/c32-28(22-7-1-19(2-8-22)13-25-16-29-25,23-9-3-20(4-10-23)14-26-17-30-26)24-11-5-21(6-12-24)15-27-18-31-27/h1-12,25-27H,13-18H2,32H3. The summed E-state index contributed by atoms with van der Waals surface area (Å²) in [5.74, 6) is 0. The van der Waals surface area contributed by atoms with Crippen molar-refractivity contribution in [2.75, 3.05) is 19.8 Å². The Balaban J connectivity index is 1.34. The van der Waals surface area contributed by atoms with E-state index in [1.165, 1.54) is 33.4 Å². The quantitative estimate of drug-likeness (QED) is 0.290. The zero-order valence-corrected chi connectivity index (χ0v) is 20.6. The van der Waals surface area contributed by atoms with Gasteiger partial charge in [0.15, 0.2) is 0 Å². The molecule has 164 valence electrons. The molecule has 3 heterocycles. The molecule has 3 saturated heterocycles. The third kappa shape index (κ3) is 4.46. The molecule has 0 saturated carbocycles. The van der Waals surface area contributed by atoms with Crippen LogP contribution in [0.1, 0.15) is 33.4 Å². The maximum atomic E-state index is 5.42. The number of epoxide rings is 3. The normalized spacial score (nSPS) is 25.3. The zero-order valence-electron chi connectivity index (χ0n) is 18.6. The Bertz CT molecular complexity index is 924. The first kappa shape index (κ1) is 20.4. The fraction of sp³-hybridized carbons (Fsp3) is 0.357. The highest BCUT2D eigenvalue weighted by atomic mass is 28.1. The van der Waals surface area contributed by atoms with Crippen LogP contribution in [0.4, 0.5) is 0 Å². The lowest BCUT2D eigenvalue weighted by atomic mass is 9.82. The highest BCUT2D eigenvalue weighted by molar-refractivity contribution is 6.20. The minimum Gasteiger partial charge on any atom is -0.373 e. The van der Waals surface area contributed by atoms with Crippen molar-refractivity contribution >= 4 is 10.2 Å². The van der Waals surface area contributed by atoms with Gasteiger partial charge in [-0.2, -0.15) is 0 Å². The number of rotatable bonds is 9. The van der Waals surface area contributed by atoms with Gasteiger partial charge in [-0.25, -0.2) is 0 Å². The SMILES string of the molecule is [SiH3]C(c1ccc(CC2CO2)cc1)(c1ccc(CC2CO2)cc1)c1ccc(CC2CO2)cc1. The molecule has 3 aliphatic heterocycles. The predicted octanol–water partition coefficient (Wildman–Crippen LogP) is 3.17. The van der Waals surface area contributed by atoms with Crippen LogP contribution in [-0.2, 0) is 38.5 Å². The van der Waals surface area contributed by atoms with Crippen LogP contribution in [0.25, 0.3) is 0 Å². The molecule has 3 aromatic carbocycles. The molecule has 3 fully saturated rings. The van der Waals surface area contributed by atoms with Gasteiger partial charge in [0.25, 0.3) is 0 Å². The number of ether oxygens (including phenoxy) is 3. The van der Waals surface area contributed by atoms with Gasteiger partial charge in [-0.15, -0.1) is 0 Å². The highest BCUT2D eigenvalue weighted by Gasteiger charge is 2.32. The molecule has 0 spiro atoms. The smallest absolute Gasteiger partial charge is 0.0850 e. The van der Waals surface area contributed by atoms with E-state index in [1.807, 2.05) is 0 Å². The van der Waals surface area contributed by atoms with Crippen LogP contribution in [0, 0.1) is 0 Å². The van der Waals surface area contributed by atoms with E-state index in [-0.39, 0.29) is 5.04 Å². The van der Waals surface area contributed by atoms with Crippen molar-refractivity contribution in [3.63, 3.8) is 0 Å². The largest absolute Gasteiger partial charge is 0.373 e. The van der Waals surface area contributed by atoms with Crippen LogP contribution in [-0.4, -0.2) is 48.4 Å². The van der Waals surface area contributed by atoms with Crippen molar-refractivity contribution in [3.05, 3.63) is 106 Å². The lowest BCUT2D eigenvalue weighted by Gasteiger charge is -2.32. The minimum absolute atomic E-state index is 0.0855. The molecule has 0 bridgehead atoms. The first-order chi connectivity index (χ1) is 15.7. The molecule has 0 amide bonds. The van der Waals surface area contributed by atoms with Crippen LogP contribution < -0.4 is 0 Å². The topological polar surface area (TPSA) is 37.6 Å². The Hall–Kier alpha value is -2.24. The molecule has 3 aliphatic rings. The first-order valence-corrected chi connectivity index (χ1v) is 12.8. The summed E-state index contributed by atoms with van der Waals surface area (Å²) >= 11 is 0. The van der Waals surface area contributed by atoms with Gasteiger partial charge in [0, 0.05) is 34.5 Å². The second-order valence-electron chi connectivity index (χ2n) is 9.69. The molecule has 3 atom stereocenters. The van der Waals surface area contributed by atoms with Gasteiger partial charge in [0.05, 0.1) is 38.1 Å². The van der Waals surface area contributed by atoms with Crippen LogP contribution in [0.15, 0.2) is 72.8 Å². The summed E-state index contributed by atoms with van der Waals surface area (Å²) in [5, 5.41) is -0.0855. The predicted molar refractivity (Wildman–Crippen MR) is 129 cm³/mol. The first-order valence-electron chi connectivity index (χ1n) is 11.8. The van der Waals surface area contributed by atoms with Crippen molar-refractivity contribution in [1.29, 1.82) is 0 Å². The van der Waals surface area contributed by atoms with E-state index in [2.05, 4.69) is 72.8 Å². The fourth-order valence-electron chi connectivity index (χ4n) is 4.77. The van der Waals surface area contributed by atoms with Gasteiger partial charge in [0.2, 0.25) is 0 Å². The minimum atomic E-state index is -0.0855. The van der Waals surface area contributed by atoms with E-state index in [4.69, 9.17) is 14.2 Å². The lowest BCUT2D eigenvalue weighted by Crippen LogP contribution is -2.30. The number of benzene rings is 3. The molecule has 6 rings (SSSR count). The van der Waals surface area contributed by atoms with Crippen molar-refractivity contribution < 1.29 is 14.2 Å². The summed E-state index contributed by atoms with van der Waals surface area (Å²) in [5.41, 5.74) is 8.21. The van der Waals surface area contributed by atoms with E-state index in [1.54, 1.807) is 0 Å². The van der Waals surface area contributed by atoms with Crippen molar-refractivity contribution in [3.8, 4) is 0 Å². The number of hydrogen-bond acceptors (Lipinski definition) is 3. The Morgan fingerprint density at radius 3 is 1.00 bits per heavy atom. The molecular weight excluding hydrogens is 412 g/mol. The van der Waals surface area contributed by atoms with E-state index in [0.717, 1.165) is 49.3 Å². The molecule has 3 aromatic rings. The molecule has 0 N–H and O–H groups in total. The average molecular weight is 443 g/mol. The second-order valence-corrected chi connectivity index (χ2v) is 11.2. The third-order valence-corrected chi connectivity index (χ3v) is 8.92. The molecule has 3 nitrogen and oxygen atoms in total. The van der Waals surface area contributed by atoms with E-state index in [0.29, 0.717) is 18.3 Å². The maximum absolute atomic E-state index is 5.42. The van der Waals surface area contributed by atoms with E-state index < -0.39 is 0 Å². The summed E-state index contributed by atoms with van der Waals surface area (Å²) in [4.78, 5) is 0. The summed E-state index contributed by atoms with van der Waals surface area (Å²) in [6.45, 7) is 2.72. The van der Waals surface area contributed by atoms with Crippen molar-refractivity contribution in [1.82, 2.24) is 0 Å². The highest BCUT2D eigenvalue weighted by Crippen LogP contribution is 2.37. The lowest BCUT2D eigenvalue weighted by molar-refractivity contribution is 0.407. The van der Waals surface area contributed by atoms with Gasteiger partial charge < -0.3 is 14.2 Å². The summed E-state index contributed by atoms with van der Waals surface area (Å²) in [7, 11) is 0.982. The van der Waals surface area contributed by atoms with E-state index in [9.17, 15) is 0 Å². The summed E-state index contributed by atoms with van der Waals surface area (Å²) in [6, 6.07) is 27.8. The third-order valence-electron chi connectivity index (χ3n) is 7.19. The molecule has 0 aromatic heterocycles. The van der Waals surface area contributed by atoms with Crippen LogP contribution in [0.2, 0.25) is 0 Å². The summed E-state index contributed by atoms with van der Waals surface area (Å²) < 4.78 is 16.3. The Morgan fingerprint density at radius 2 is 0.781 bits per heavy atom. The molecule has 32 heavy (non-hydrogen) atoms.